The second-order valence-electron chi connectivity index (χ2n) is 7.65. The second kappa shape index (κ2) is 12.2. The topological polar surface area (TPSA) is 102 Å². The van der Waals surface area contributed by atoms with Crippen LogP contribution < -0.4 is 5.32 Å². The SMILES string of the molecule is CCOC(=O)C(CCc1ccccc1)NC(C)C(=O)N1CCC[C@H]1C(=O)COC(C)=O. The van der Waals surface area contributed by atoms with Crippen LogP contribution in [0.5, 0.6) is 0 Å². The molecule has 1 N–H and O–H groups in total. The van der Waals surface area contributed by atoms with E-state index in [4.69, 9.17) is 9.47 Å². The van der Waals surface area contributed by atoms with Gasteiger partial charge in [-0.1, -0.05) is 30.3 Å². The molecule has 2 unspecified atom stereocenters. The normalized spacial score (nSPS) is 17.6. The maximum atomic E-state index is 13.0. The van der Waals surface area contributed by atoms with Crippen molar-refractivity contribution in [2.24, 2.45) is 0 Å². The summed E-state index contributed by atoms with van der Waals surface area (Å²) in [6.45, 7) is 5.03. The fraction of sp³-hybridized carbons (Fsp3) is 0.565. The highest BCUT2D eigenvalue weighted by Crippen LogP contribution is 2.20. The van der Waals surface area contributed by atoms with Crippen LogP contribution in [-0.4, -0.2) is 66.4 Å². The number of amides is 1. The van der Waals surface area contributed by atoms with Gasteiger partial charge in [-0.15, -0.1) is 0 Å². The van der Waals surface area contributed by atoms with E-state index in [9.17, 15) is 19.2 Å². The number of nitrogens with zero attached hydrogens (tertiary/aromatic N) is 1. The van der Waals surface area contributed by atoms with Crippen LogP contribution in [0.2, 0.25) is 0 Å². The lowest BCUT2D eigenvalue weighted by Gasteiger charge is -2.29. The van der Waals surface area contributed by atoms with Crippen molar-refractivity contribution in [3.05, 3.63) is 35.9 Å². The maximum absolute atomic E-state index is 13.0. The van der Waals surface area contributed by atoms with Gasteiger partial charge in [0.2, 0.25) is 5.91 Å². The van der Waals surface area contributed by atoms with E-state index in [2.05, 4.69) is 5.32 Å². The van der Waals surface area contributed by atoms with Crippen LogP contribution >= 0.6 is 0 Å². The zero-order valence-corrected chi connectivity index (χ0v) is 18.5. The van der Waals surface area contributed by atoms with Gasteiger partial charge in [0.1, 0.15) is 6.04 Å². The van der Waals surface area contributed by atoms with Gasteiger partial charge >= 0.3 is 11.9 Å². The van der Waals surface area contributed by atoms with Crippen molar-refractivity contribution in [3.63, 3.8) is 0 Å². The molecule has 1 aromatic carbocycles. The minimum atomic E-state index is -0.674. The van der Waals surface area contributed by atoms with E-state index in [1.54, 1.807) is 13.8 Å². The monoisotopic (exact) mass is 432 g/mol. The van der Waals surface area contributed by atoms with E-state index in [0.717, 1.165) is 5.56 Å². The summed E-state index contributed by atoms with van der Waals surface area (Å²) in [7, 11) is 0. The molecule has 0 radical (unpaired) electrons. The number of carbonyl (C=O) groups is 4. The van der Waals surface area contributed by atoms with Crippen molar-refractivity contribution in [3.8, 4) is 0 Å². The first-order chi connectivity index (χ1) is 14.8. The zero-order chi connectivity index (χ0) is 22.8. The molecule has 170 valence electrons. The predicted octanol–water partition coefficient (Wildman–Crippen LogP) is 1.65. The Morgan fingerprint density at radius 1 is 1.16 bits per heavy atom. The Morgan fingerprint density at radius 2 is 1.87 bits per heavy atom. The van der Waals surface area contributed by atoms with Crippen LogP contribution in [0.15, 0.2) is 30.3 Å². The summed E-state index contributed by atoms with van der Waals surface area (Å²) in [6.07, 6.45) is 2.37. The molecule has 0 bridgehead atoms. The van der Waals surface area contributed by atoms with E-state index < -0.39 is 30.1 Å². The number of hydrogen-bond donors (Lipinski definition) is 1. The molecule has 2 rings (SSSR count). The zero-order valence-electron chi connectivity index (χ0n) is 18.5. The lowest BCUT2D eigenvalue weighted by molar-refractivity contribution is -0.148. The molecule has 0 aromatic heterocycles. The highest BCUT2D eigenvalue weighted by Gasteiger charge is 2.37. The highest BCUT2D eigenvalue weighted by molar-refractivity contribution is 5.93. The fourth-order valence-electron chi connectivity index (χ4n) is 3.72. The molecule has 1 aliphatic rings. The molecule has 8 heteroatoms. The standard InChI is InChI=1S/C23H32N2O6/c1-4-30-23(29)19(13-12-18-9-6-5-7-10-18)24-16(2)22(28)25-14-8-11-20(25)21(27)15-31-17(3)26/h5-7,9-10,16,19-20,24H,4,8,11-15H2,1-3H3/t16?,19?,20-/m0/s1. The van der Waals surface area contributed by atoms with Crippen molar-refractivity contribution in [1.82, 2.24) is 10.2 Å². The molecule has 1 aromatic rings. The minimum Gasteiger partial charge on any atom is -0.465 e. The Balaban J connectivity index is 2.00. The molecule has 1 amide bonds. The van der Waals surface area contributed by atoms with Crippen molar-refractivity contribution in [2.75, 3.05) is 19.8 Å². The second-order valence-corrected chi connectivity index (χ2v) is 7.65. The van der Waals surface area contributed by atoms with Gasteiger partial charge in [0.15, 0.2) is 12.4 Å². The number of benzene rings is 1. The summed E-state index contributed by atoms with van der Waals surface area (Å²) in [5, 5.41) is 3.10. The van der Waals surface area contributed by atoms with Gasteiger partial charge in [0.25, 0.3) is 0 Å². The molecule has 1 aliphatic heterocycles. The molecule has 1 fully saturated rings. The van der Waals surface area contributed by atoms with Gasteiger partial charge in [0.05, 0.1) is 18.7 Å². The molecule has 1 heterocycles. The van der Waals surface area contributed by atoms with Crippen molar-refractivity contribution >= 4 is 23.6 Å². The molecule has 0 spiro atoms. The lowest BCUT2D eigenvalue weighted by Crippen LogP contribution is -2.53. The number of ether oxygens (including phenoxy) is 2. The van der Waals surface area contributed by atoms with Gasteiger partial charge < -0.3 is 14.4 Å². The Hall–Kier alpha value is -2.74. The summed E-state index contributed by atoms with van der Waals surface area (Å²) in [5.74, 6) is -1.48. The maximum Gasteiger partial charge on any atom is 0.323 e. The largest absolute Gasteiger partial charge is 0.465 e. The number of rotatable bonds is 11. The molecule has 31 heavy (non-hydrogen) atoms. The minimum absolute atomic E-state index is 0.253. The fourth-order valence-corrected chi connectivity index (χ4v) is 3.72. The Morgan fingerprint density at radius 3 is 2.52 bits per heavy atom. The van der Waals surface area contributed by atoms with Crippen LogP contribution in [0.1, 0.15) is 45.6 Å². The van der Waals surface area contributed by atoms with Gasteiger partial charge in [-0.05, 0) is 45.1 Å². The third kappa shape index (κ3) is 7.47. The molecule has 3 atom stereocenters. The van der Waals surface area contributed by atoms with Crippen molar-refractivity contribution in [2.45, 2.75) is 64.6 Å². The third-order valence-electron chi connectivity index (χ3n) is 5.28. The average Bonchev–Trinajstić information content (AvgIpc) is 3.25. The average molecular weight is 433 g/mol. The number of likely N-dealkylation sites (tertiary alicyclic amines) is 1. The van der Waals surface area contributed by atoms with Crippen LogP contribution in [-0.2, 0) is 35.1 Å². The van der Waals surface area contributed by atoms with E-state index in [1.165, 1.54) is 11.8 Å². The molecular weight excluding hydrogens is 400 g/mol. The van der Waals surface area contributed by atoms with E-state index in [0.29, 0.717) is 32.2 Å². The Kier molecular flexibility index (Phi) is 9.65. The number of Topliss-reactive ketones (excluding diaryl/α,β-unsaturated/α-hetero) is 1. The van der Waals surface area contributed by atoms with Gasteiger partial charge in [-0.25, -0.2) is 0 Å². The van der Waals surface area contributed by atoms with Crippen molar-refractivity contribution < 1.29 is 28.7 Å². The summed E-state index contributed by atoms with van der Waals surface area (Å²) < 4.78 is 9.98. The molecule has 1 saturated heterocycles. The lowest BCUT2D eigenvalue weighted by atomic mass is 10.0. The molecule has 8 nitrogen and oxygen atoms in total. The molecule has 0 aliphatic carbocycles. The van der Waals surface area contributed by atoms with Gasteiger partial charge in [-0.3, -0.25) is 24.5 Å². The van der Waals surface area contributed by atoms with Crippen LogP contribution in [0.4, 0.5) is 0 Å². The summed E-state index contributed by atoms with van der Waals surface area (Å²) >= 11 is 0. The number of esters is 2. The van der Waals surface area contributed by atoms with E-state index in [1.807, 2.05) is 30.3 Å². The van der Waals surface area contributed by atoms with Crippen LogP contribution in [0, 0.1) is 0 Å². The van der Waals surface area contributed by atoms with E-state index >= 15 is 0 Å². The number of carbonyl (C=O) groups excluding carboxylic acids is 4. The molecule has 0 saturated carbocycles. The summed E-state index contributed by atoms with van der Waals surface area (Å²) in [6, 6.07) is 7.86. The smallest absolute Gasteiger partial charge is 0.323 e. The molecular formula is C23H32N2O6. The van der Waals surface area contributed by atoms with Crippen LogP contribution in [0.25, 0.3) is 0 Å². The summed E-state index contributed by atoms with van der Waals surface area (Å²) in [5.41, 5.74) is 1.09. The highest BCUT2D eigenvalue weighted by atomic mass is 16.5. The van der Waals surface area contributed by atoms with Gasteiger partial charge in [-0.2, -0.15) is 0 Å². The quantitative estimate of drug-likeness (QED) is 0.531. The number of ketones is 1. The van der Waals surface area contributed by atoms with E-state index in [-0.39, 0.29) is 24.9 Å². The number of aryl methyl sites for hydroxylation is 1. The predicted molar refractivity (Wildman–Crippen MR) is 114 cm³/mol. The van der Waals surface area contributed by atoms with Crippen LogP contribution in [0.3, 0.4) is 0 Å². The summed E-state index contributed by atoms with van der Waals surface area (Å²) in [4.78, 5) is 50.4. The Labute approximate surface area is 183 Å². The first-order valence-corrected chi connectivity index (χ1v) is 10.8. The Bertz CT molecular complexity index is 767. The van der Waals surface area contributed by atoms with Crippen molar-refractivity contribution in [1.29, 1.82) is 0 Å². The number of nitrogens with one attached hydrogen (secondary N) is 1. The van der Waals surface area contributed by atoms with Gasteiger partial charge in [0, 0.05) is 13.5 Å². The first-order valence-electron chi connectivity index (χ1n) is 10.8. The number of hydrogen-bond acceptors (Lipinski definition) is 7. The third-order valence-corrected chi connectivity index (χ3v) is 5.28. The first kappa shape index (κ1) is 24.5.